The molecule has 0 heterocycles. The Balaban J connectivity index is 4.47. The van der Waals surface area contributed by atoms with E-state index in [-0.39, 0.29) is 37.5 Å². The zero-order chi connectivity index (χ0) is 52.2. The van der Waals surface area contributed by atoms with Crippen molar-refractivity contribution in [3.63, 3.8) is 0 Å². The second-order valence-electron chi connectivity index (χ2n) is 20.2. The van der Waals surface area contributed by atoms with Gasteiger partial charge in [-0.05, 0) is 83.5 Å². The van der Waals surface area contributed by atoms with Gasteiger partial charge in [-0.15, -0.1) is 0 Å². The minimum absolute atomic E-state index is 0.0997. The lowest BCUT2D eigenvalue weighted by Gasteiger charge is -2.18. The van der Waals surface area contributed by atoms with Gasteiger partial charge < -0.3 is 14.2 Å². The highest BCUT2D eigenvalue weighted by Gasteiger charge is 2.19. The molecule has 0 saturated carbocycles. The lowest BCUT2D eigenvalue weighted by molar-refractivity contribution is -0.166. The third kappa shape index (κ3) is 57.5. The molecule has 0 aliphatic carbocycles. The summed E-state index contributed by atoms with van der Waals surface area (Å²) in [6.45, 7) is 6.49. The predicted octanol–water partition coefficient (Wildman–Crippen LogP) is 20.7. The summed E-state index contributed by atoms with van der Waals surface area (Å²) in [7, 11) is 0. The van der Waals surface area contributed by atoms with Crippen molar-refractivity contribution in [3.8, 4) is 0 Å². The van der Waals surface area contributed by atoms with Crippen molar-refractivity contribution >= 4 is 17.9 Å². The van der Waals surface area contributed by atoms with Crippen LogP contribution in [0.2, 0.25) is 0 Å². The molecule has 0 fully saturated rings. The first-order valence-corrected chi connectivity index (χ1v) is 30.6. The van der Waals surface area contributed by atoms with Crippen molar-refractivity contribution in [1.82, 2.24) is 0 Å². The third-order valence-electron chi connectivity index (χ3n) is 13.1. The first-order chi connectivity index (χ1) is 35.5. The van der Waals surface area contributed by atoms with Gasteiger partial charge in [0, 0.05) is 19.3 Å². The lowest BCUT2D eigenvalue weighted by Crippen LogP contribution is -2.30. The Bertz CT molecular complexity index is 1380. The van der Waals surface area contributed by atoms with Crippen LogP contribution in [0.15, 0.2) is 85.1 Å². The first kappa shape index (κ1) is 68.6. The van der Waals surface area contributed by atoms with Crippen LogP contribution in [0.4, 0.5) is 0 Å². The van der Waals surface area contributed by atoms with Gasteiger partial charge >= 0.3 is 17.9 Å². The number of hydrogen-bond donors (Lipinski definition) is 0. The molecule has 6 heteroatoms. The maximum atomic E-state index is 12.9. The highest BCUT2D eigenvalue weighted by Crippen LogP contribution is 2.16. The molecule has 0 aromatic heterocycles. The average molecular weight is 1000 g/mol. The van der Waals surface area contributed by atoms with Gasteiger partial charge in [0.15, 0.2) is 6.10 Å². The van der Waals surface area contributed by atoms with Crippen molar-refractivity contribution in [1.29, 1.82) is 0 Å². The van der Waals surface area contributed by atoms with E-state index in [9.17, 15) is 14.4 Å². The van der Waals surface area contributed by atoms with Gasteiger partial charge in [0.1, 0.15) is 13.2 Å². The van der Waals surface area contributed by atoms with E-state index in [2.05, 4.69) is 99.8 Å². The number of esters is 3. The Hall–Kier alpha value is -3.41. The van der Waals surface area contributed by atoms with Crippen LogP contribution in [0.5, 0.6) is 0 Å². The largest absolute Gasteiger partial charge is 0.462 e. The summed E-state index contributed by atoms with van der Waals surface area (Å²) < 4.78 is 16.8. The summed E-state index contributed by atoms with van der Waals surface area (Å²) in [4.78, 5) is 38.2. The van der Waals surface area contributed by atoms with Gasteiger partial charge in [-0.3, -0.25) is 14.4 Å². The molecule has 6 nitrogen and oxygen atoms in total. The summed E-state index contributed by atoms with van der Waals surface area (Å²) in [5.74, 6) is -0.979. The lowest BCUT2D eigenvalue weighted by atomic mass is 10.0. The van der Waals surface area contributed by atoms with Gasteiger partial charge in [0.05, 0.1) is 0 Å². The number of allylic oxidation sites excluding steroid dienone is 14. The molecule has 1 unspecified atom stereocenters. The molecular weight excluding hydrogens is 889 g/mol. The van der Waals surface area contributed by atoms with E-state index in [1.807, 2.05) is 6.08 Å². The predicted molar refractivity (Wildman–Crippen MR) is 311 cm³/mol. The Labute approximate surface area is 445 Å². The fourth-order valence-electron chi connectivity index (χ4n) is 8.58. The molecule has 0 aliphatic rings. The number of rotatable bonds is 55. The maximum absolute atomic E-state index is 12.9. The molecule has 0 aliphatic heterocycles. The minimum atomic E-state index is -0.808. The molecule has 0 N–H and O–H groups in total. The molecule has 72 heavy (non-hydrogen) atoms. The molecule has 0 rings (SSSR count). The average Bonchev–Trinajstić information content (AvgIpc) is 3.38. The van der Waals surface area contributed by atoms with Crippen LogP contribution in [0, 0.1) is 0 Å². The Morgan fingerprint density at radius 1 is 0.292 bits per heavy atom. The fourth-order valence-corrected chi connectivity index (χ4v) is 8.58. The molecule has 0 spiro atoms. The van der Waals surface area contributed by atoms with Crippen molar-refractivity contribution in [2.75, 3.05) is 13.2 Å². The van der Waals surface area contributed by atoms with Gasteiger partial charge in [-0.2, -0.15) is 0 Å². The topological polar surface area (TPSA) is 78.9 Å². The van der Waals surface area contributed by atoms with Crippen LogP contribution < -0.4 is 0 Å². The van der Waals surface area contributed by atoms with Gasteiger partial charge in [-0.25, -0.2) is 0 Å². The Kier molecular flexibility index (Phi) is 57.3. The summed E-state index contributed by atoms with van der Waals surface area (Å²) in [5, 5.41) is 0. The van der Waals surface area contributed by atoms with E-state index in [0.717, 1.165) is 77.0 Å². The van der Waals surface area contributed by atoms with Gasteiger partial charge in [0.2, 0.25) is 0 Å². The molecule has 1 atom stereocenters. The number of unbranched alkanes of at least 4 members (excludes halogenated alkanes) is 30. The number of hydrogen-bond acceptors (Lipinski definition) is 6. The highest BCUT2D eigenvalue weighted by atomic mass is 16.6. The van der Waals surface area contributed by atoms with Crippen LogP contribution in [0.1, 0.15) is 297 Å². The van der Waals surface area contributed by atoms with Crippen molar-refractivity contribution < 1.29 is 28.6 Å². The van der Waals surface area contributed by atoms with Gasteiger partial charge in [-0.1, -0.05) is 279 Å². The number of carbonyl (C=O) groups is 3. The minimum Gasteiger partial charge on any atom is -0.462 e. The van der Waals surface area contributed by atoms with Gasteiger partial charge in [0.25, 0.3) is 0 Å². The van der Waals surface area contributed by atoms with E-state index in [1.54, 1.807) is 0 Å². The van der Waals surface area contributed by atoms with Crippen LogP contribution in [0.25, 0.3) is 0 Å². The van der Waals surface area contributed by atoms with Crippen molar-refractivity contribution in [3.05, 3.63) is 85.1 Å². The monoisotopic (exact) mass is 1000 g/mol. The van der Waals surface area contributed by atoms with Crippen LogP contribution in [-0.4, -0.2) is 37.2 Å². The van der Waals surface area contributed by atoms with E-state index in [4.69, 9.17) is 14.2 Å². The quantitative estimate of drug-likeness (QED) is 0.0261. The molecule has 0 saturated heterocycles. The molecule has 414 valence electrons. The molecule has 0 aromatic rings. The van der Waals surface area contributed by atoms with E-state index in [0.29, 0.717) is 19.3 Å². The molecule has 0 aromatic carbocycles. The van der Waals surface area contributed by atoms with E-state index in [1.165, 1.54) is 173 Å². The summed E-state index contributed by atoms with van der Waals surface area (Å²) >= 11 is 0. The van der Waals surface area contributed by atoms with E-state index >= 15 is 0 Å². The summed E-state index contributed by atoms with van der Waals surface area (Å²) in [6.07, 6.45) is 78.8. The summed E-state index contributed by atoms with van der Waals surface area (Å²) in [6, 6.07) is 0. The fraction of sp³-hybridized carbons (Fsp3) is 0.742. The summed E-state index contributed by atoms with van der Waals surface area (Å²) in [5.41, 5.74) is 0. The maximum Gasteiger partial charge on any atom is 0.306 e. The molecule has 0 amide bonds. The zero-order valence-corrected chi connectivity index (χ0v) is 47.4. The number of carbonyl (C=O) groups excluding carboxylic acids is 3. The molecular formula is C66H114O6. The van der Waals surface area contributed by atoms with Crippen LogP contribution in [0.3, 0.4) is 0 Å². The first-order valence-electron chi connectivity index (χ1n) is 30.6. The van der Waals surface area contributed by atoms with Crippen LogP contribution in [-0.2, 0) is 28.6 Å². The van der Waals surface area contributed by atoms with Crippen molar-refractivity contribution in [2.45, 2.75) is 303 Å². The highest BCUT2D eigenvalue weighted by molar-refractivity contribution is 5.71. The second-order valence-corrected chi connectivity index (χ2v) is 20.2. The normalized spacial score (nSPS) is 12.7. The molecule has 0 bridgehead atoms. The number of ether oxygens (including phenoxy) is 3. The Morgan fingerprint density at radius 3 is 0.931 bits per heavy atom. The molecule has 0 radical (unpaired) electrons. The van der Waals surface area contributed by atoms with E-state index < -0.39 is 6.10 Å². The SMILES string of the molecule is CC/C=C\C/C=C\C/C=C\C/C=C\C/C=C\C/C=C\CCC(=O)OCC(COC(=O)CCCCCCCCC/C=C\CCCCCCCC)OC(=O)CCCCCCCCCCCCCCCCCCCC. The zero-order valence-electron chi connectivity index (χ0n) is 47.4. The van der Waals surface area contributed by atoms with Crippen LogP contribution >= 0.6 is 0 Å². The standard InChI is InChI=1S/C66H114O6/c1-4-7-10-13-16-19-22-25-28-31-33-36-38-41-44-47-50-53-56-59-65(68)71-62-63(61-70-64(67)58-55-52-49-46-43-40-37-34-30-27-24-21-18-15-12-9-6-3)72-66(69)60-57-54-51-48-45-42-39-35-32-29-26-23-20-17-14-11-8-5-2/h7,10,16,19,25,27-28,30,33,36,41,44,50,53,63H,4-6,8-9,11-15,17-18,20-24,26,29,31-32,34-35,37-40,42-43,45-49,51-52,54-62H2,1-3H3/b10-7-,19-16-,28-25-,30-27-,36-33-,44-41-,53-50-. The Morgan fingerprint density at radius 2 is 0.569 bits per heavy atom. The second kappa shape index (κ2) is 60.1. The van der Waals surface area contributed by atoms with Crippen molar-refractivity contribution in [2.24, 2.45) is 0 Å². The smallest absolute Gasteiger partial charge is 0.306 e. The third-order valence-corrected chi connectivity index (χ3v) is 13.1.